The number of hydrogen-bond acceptors (Lipinski definition) is 7. The Hall–Kier alpha value is -3.82. The maximum atomic E-state index is 12.5. The molecule has 0 fully saturated rings. The minimum atomic E-state index is -0.816. The number of anilines is 1. The second-order valence-electron chi connectivity index (χ2n) is 6.15. The monoisotopic (exact) mass is 382 g/mol. The van der Waals surface area contributed by atoms with Gasteiger partial charge in [0.1, 0.15) is 6.54 Å². The summed E-state index contributed by atoms with van der Waals surface area (Å²) in [5, 5.41) is 9.04. The van der Waals surface area contributed by atoms with Gasteiger partial charge < -0.3 is 10.6 Å². The molecule has 0 aliphatic rings. The summed E-state index contributed by atoms with van der Waals surface area (Å²) in [5.74, 6) is -1.48. The lowest BCUT2D eigenvalue weighted by Gasteiger charge is -2.13. The molecule has 1 aromatic carbocycles. The van der Waals surface area contributed by atoms with Crippen molar-refractivity contribution in [3.8, 4) is 11.6 Å². The summed E-state index contributed by atoms with van der Waals surface area (Å²) in [7, 11) is 0. The molecule has 0 spiro atoms. The Morgan fingerprint density at radius 2 is 1.86 bits per heavy atom. The van der Waals surface area contributed by atoms with Crippen molar-refractivity contribution in [2.75, 3.05) is 5.32 Å². The minimum absolute atomic E-state index is 0.0339. The molecule has 0 saturated carbocycles. The van der Waals surface area contributed by atoms with E-state index in [1.807, 2.05) is 13.8 Å². The van der Waals surface area contributed by atoms with E-state index in [-0.39, 0.29) is 30.1 Å². The topological polar surface area (TPSA) is 132 Å². The number of hydrogen-bond donors (Lipinski definition) is 2. The molecule has 0 radical (unpaired) electrons. The smallest absolute Gasteiger partial charge is 0.350 e. The van der Waals surface area contributed by atoms with Crippen molar-refractivity contribution in [2.24, 2.45) is 0 Å². The number of aromatic nitrogens is 4. The van der Waals surface area contributed by atoms with Gasteiger partial charge in [0, 0.05) is 18.4 Å². The molecule has 0 aliphatic heterocycles. The first kappa shape index (κ1) is 19.0. The van der Waals surface area contributed by atoms with Gasteiger partial charge in [0.15, 0.2) is 5.82 Å². The van der Waals surface area contributed by atoms with Crippen LogP contribution in [0.1, 0.15) is 24.2 Å². The van der Waals surface area contributed by atoms with Crippen LogP contribution in [0, 0.1) is 0 Å². The molecule has 2 heterocycles. The zero-order valence-electron chi connectivity index (χ0n) is 15.2. The first-order chi connectivity index (χ1) is 13.5. The maximum absolute atomic E-state index is 12.5. The lowest BCUT2D eigenvalue weighted by Crippen LogP contribution is -2.31. The summed E-state index contributed by atoms with van der Waals surface area (Å²) in [6.45, 7) is 3.30. The number of carbonyl (C=O) groups excluding carboxylic acids is 2. The molecule has 144 valence electrons. The highest BCUT2D eigenvalue weighted by Crippen LogP contribution is 2.16. The average molecular weight is 382 g/mol. The summed E-state index contributed by atoms with van der Waals surface area (Å²) < 4.78 is 5.66. The highest BCUT2D eigenvalue weighted by atomic mass is 16.5. The predicted octanol–water partition coefficient (Wildman–Crippen LogP) is 1.07. The molecule has 2 amide bonds. The van der Waals surface area contributed by atoms with Crippen LogP contribution in [0.15, 0.2) is 52.0 Å². The standard InChI is InChI=1S/C18H18N6O4/c1-11(2)21-17(26)12-6-3-4-7-13(12)22-14(25)10-24-16(23-28-18(24)27)15-19-8-5-9-20-15/h3-9,11H,10H2,1-2H3,(H,21,26)(H,22,25). The van der Waals surface area contributed by atoms with Gasteiger partial charge in [0.25, 0.3) is 5.91 Å². The van der Waals surface area contributed by atoms with Gasteiger partial charge in [-0.1, -0.05) is 17.3 Å². The molecule has 0 bridgehead atoms. The van der Waals surface area contributed by atoms with Crippen LogP contribution in [0.25, 0.3) is 11.6 Å². The third-order valence-corrected chi connectivity index (χ3v) is 3.62. The number of carbonyl (C=O) groups is 2. The van der Waals surface area contributed by atoms with E-state index in [4.69, 9.17) is 0 Å². The molecule has 0 unspecified atom stereocenters. The fourth-order valence-corrected chi connectivity index (χ4v) is 2.45. The lowest BCUT2D eigenvalue weighted by atomic mass is 10.1. The van der Waals surface area contributed by atoms with Gasteiger partial charge in [-0.25, -0.2) is 19.3 Å². The Bertz CT molecular complexity index is 1040. The summed E-state index contributed by atoms with van der Waals surface area (Å²) in [6.07, 6.45) is 2.96. The summed E-state index contributed by atoms with van der Waals surface area (Å²) >= 11 is 0. The number of amides is 2. The van der Waals surface area contributed by atoms with Crippen molar-refractivity contribution in [2.45, 2.75) is 26.4 Å². The molecule has 3 aromatic rings. The van der Waals surface area contributed by atoms with Gasteiger partial charge in [-0.3, -0.25) is 14.1 Å². The average Bonchev–Trinajstić information content (AvgIpc) is 3.02. The Balaban J connectivity index is 1.81. The first-order valence-electron chi connectivity index (χ1n) is 8.49. The molecule has 3 rings (SSSR count). The van der Waals surface area contributed by atoms with Gasteiger partial charge in [-0.15, -0.1) is 0 Å². The third kappa shape index (κ3) is 4.29. The van der Waals surface area contributed by atoms with E-state index in [2.05, 4.69) is 30.3 Å². The van der Waals surface area contributed by atoms with Crippen LogP contribution in [0.5, 0.6) is 0 Å². The summed E-state index contributed by atoms with van der Waals surface area (Å²) in [4.78, 5) is 44.7. The van der Waals surface area contributed by atoms with E-state index in [1.54, 1.807) is 30.3 Å². The van der Waals surface area contributed by atoms with Gasteiger partial charge >= 0.3 is 5.76 Å². The zero-order chi connectivity index (χ0) is 20.1. The number of benzene rings is 1. The molecule has 28 heavy (non-hydrogen) atoms. The number of nitrogens with zero attached hydrogens (tertiary/aromatic N) is 4. The molecule has 2 aromatic heterocycles. The molecule has 2 N–H and O–H groups in total. The fraction of sp³-hybridized carbons (Fsp3) is 0.222. The Morgan fingerprint density at radius 3 is 2.57 bits per heavy atom. The van der Waals surface area contributed by atoms with Gasteiger partial charge in [0.2, 0.25) is 11.7 Å². The Kier molecular flexibility index (Phi) is 5.58. The Morgan fingerprint density at radius 1 is 1.14 bits per heavy atom. The largest absolute Gasteiger partial charge is 0.442 e. The van der Waals surface area contributed by atoms with E-state index in [0.717, 1.165) is 4.57 Å². The van der Waals surface area contributed by atoms with Crippen molar-refractivity contribution in [1.29, 1.82) is 0 Å². The summed E-state index contributed by atoms with van der Waals surface area (Å²) in [6, 6.07) is 8.14. The first-order valence-corrected chi connectivity index (χ1v) is 8.49. The lowest BCUT2D eigenvalue weighted by molar-refractivity contribution is -0.116. The molecule has 10 heteroatoms. The SMILES string of the molecule is CC(C)NC(=O)c1ccccc1NC(=O)Cn1c(-c2ncccn2)noc1=O. The van der Waals surface area contributed by atoms with Gasteiger partial charge in [-0.05, 0) is 32.0 Å². The zero-order valence-corrected chi connectivity index (χ0v) is 15.2. The van der Waals surface area contributed by atoms with E-state index in [9.17, 15) is 14.4 Å². The van der Waals surface area contributed by atoms with Gasteiger partial charge in [-0.2, -0.15) is 0 Å². The van der Waals surface area contributed by atoms with Crippen molar-refractivity contribution in [3.63, 3.8) is 0 Å². The van der Waals surface area contributed by atoms with Crippen LogP contribution in [-0.2, 0) is 11.3 Å². The second-order valence-corrected chi connectivity index (χ2v) is 6.15. The van der Waals surface area contributed by atoms with E-state index >= 15 is 0 Å². The highest BCUT2D eigenvalue weighted by molar-refractivity contribution is 6.03. The second kappa shape index (κ2) is 8.25. The van der Waals surface area contributed by atoms with Crippen LogP contribution >= 0.6 is 0 Å². The minimum Gasteiger partial charge on any atom is -0.350 e. The number of para-hydroxylation sites is 1. The van der Waals surface area contributed by atoms with Crippen LogP contribution < -0.4 is 16.4 Å². The summed E-state index contributed by atoms with van der Waals surface area (Å²) in [5.41, 5.74) is 0.640. The number of rotatable bonds is 6. The van der Waals surface area contributed by atoms with Crippen LogP contribution in [-0.4, -0.2) is 37.5 Å². The van der Waals surface area contributed by atoms with Crippen molar-refractivity contribution in [1.82, 2.24) is 25.0 Å². The number of nitrogens with one attached hydrogen (secondary N) is 2. The highest BCUT2D eigenvalue weighted by Gasteiger charge is 2.19. The normalized spacial score (nSPS) is 10.7. The molecule has 0 atom stereocenters. The van der Waals surface area contributed by atoms with Gasteiger partial charge in [0.05, 0.1) is 11.3 Å². The maximum Gasteiger partial charge on any atom is 0.442 e. The van der Waals surface area contributed by atoms with E-state index < -0.39 is 11.7 Å². The van der Waals surface area contributed by atoms with Crippen molar-refractivity contribution >= 4 is 17.5 Å². The third-order valence-electron chi connectivity index (χ3n) is 3.62. The molecule has 10 nitrogen and oxygen atoms in total. The quantitative estimate of drug-likeness (QED) is 0.652. The van der Waals surface area contributed by atoms with Crippen LogP contribution in [0.4, 0.5) is 5.69 Å². The molecule has 0 aliphatic carbocycles. The Labute approximate surface area is 159 Å². The van der Waals surface area contributed by atoms with Crippen LogP contribution in [0.2, 0.25) is 0 Å². The van der Waals surface area contributed by atoms with Crippen molar-refractivity contribution < 1.29 is 14.1 Å². The molecular formula is C18H18N6O4. The van der Waals surface area contributed by atoms with Crippen LogP contribution in [0.3, 0.4) is 0 Å². The van der Waals surface area contributed by atoms with E-state index in [1.165, 1.54) is 12.4 Å². The van der Waals surface area contributed by atoms with E-state index in [0.29, 0.717) is 11.3 Å². The molecular weight excluding hydrogens is 364 g/mol. The molecule has 0 saturated heterocycles. The van der Waals surface area contributed by atoms with Crippen molar-refractivity contribution in [3.05, 3.63) is 58.8 Å². The fourth-order valence-electron chi connectivity index (χ4n) is 2.45. The predicted molar refractivity (Wildman–Crippen MR) is 99.5 cm³/mol.